The molecule has 2 N–H and O–H groups in total. The van der Waals surface area contributed by atoms with Crippen molar-refractivity contribution in [2.24, 2.45) is 5.73 Å². The van der Waals surface area contributed by atoms with Crippen LogP contribution in [0.2, 0.25) is 0 Å². The largest absolute Gasteiger partial charge is 0.353 e. The zero-order chi connectivity index (χ0) is 11.8. The quantitative estimate of drug-likeness (QED) is 0.849. The minimum Gasteiger partial charge on any atom is -0.353 e. The van der Waals surface area contributed by atoms with Crippen LogP contribution in [0.25, 0.3) is 5.52 Å². The summed E-state index contributed by atoms with van der Waals surface area (Å²) in [5.41, 5.74) is 8.28. The Morgan fingerprint density at radius 3 is 3.12 bits per heavy atom. The summed E-state index contributed by atoms with van der Waals surface area (Å²) in [7, 11) is 0. The molecule has 2 aromatic heterocycles. The molecule has 90 valence electrons. The maximum absolute atomic E-state index is 5.98. The Morgan fingerprint density at radius 2 is 2.41 bits per heavy atom. The Labute approximate surface area is 101 Å². The molecular formula is C13H18N4. The molecule has 1 atom stereocenters. The van der Waals surface area contributed by atoms with Crippen LogP contribution in [0, 0.1) is 0 Å². The summed E-state index contributed by atoms with van der Waals surface area (Å²) in [6, 6.07) is 4.47. The highest BCUT2D eigenvalue weighted by Crippen LogP contribution is 2.24. The molecule has 0 unspecified atom stereocenters. The molecule has 4 nitrogen and oxygen atoms in total. The smallest absolute Gasteiger partial charge is 0.153 e. The predicted octanol–water partition coefficient (Wildman–Crippen LogP) is 1.43. The van der Waals surface area contributed by atoms with Crippen molar-refractivity contribution in [2.45, 2.75) is 25.8 Å². The lowest BCUT2D eigenvalue weighted by Gasteiger charge is -2.19. The molecule has 1 fully saturated rings. The second-order valence-corrected chi connectivity index (χ2v) is 4.70. The Kier molecular flexibility index (Phi) is 2.52. The van der Waals surface area contributed by atoms with Crippen molar-refractivity contribution in [2.75, 3.05) is 18.0 Å². The van der Waals surface area contributed by atoms with E-state index in [0.29, 0.717) is 0 Å². The van der Waals surface area contributed by atoms with Crippen molar-refractivity contribution in [3.05, 3.63) is 30.2 Å². The van der Waals surface area contributed by atoms with Crippen LogP contribution in [0.3, 0.4) is 0 Å². The monoisotopic (exact) mass is 230 g/mol. The van der Waals surface area contributed by atoms with Gasteiger partial charge in [0.05, 0.1) is 11.2 Å². The van der Waals surface area contributed by atoms with Gasteiger partial charge in [0.1, 0.15) is 0 Å². The molecule has 2 aromatic rings. The molecule has 0 spiro atoms. The number of aromatic nitrogens is 2. The Hall–Kier alpha value is -1.55. The van der Waals surface area contributed by atoms with Crippen LogP contribution in [0.15, 0.2) is 24.5 Å². The van der Waals surface area contributed by atoms with Gasteiger partial charge in [-0.15, -0.1) is 0 Å². The fourth-order valence-corrected chi connectivity index (χ4v) is 2.46. The number of aryl methyl sites for hydroxylation is 1. The number of nitrogens with two attached hydrogens (primary N) is 1. The van der Waals surface area contributed by atoms with Crippen molar-refractivity contribution in [1.82, 2.24) is 9.38 Å². The van der Waals surface area contributed by atoms with Crippen LogP contribution in [0.4, 0.5) is 5.82 Å². The third-order valence-corrected chi connectivity index (χ3v) is 3.43. The fraction of sp³-hybridized carbons (Fsp3) is 0.462. The number of rotatable bonds is 2. The van der Waals surface area contributed by atoms with Gasteiger partial charge in [-0.3, -0.25) is 0 Å². The van der Waals surface area contributed by atoms with E-state index in [1.54, 1.807) is 0 Å². The van der Waals surface area contributed by atoms with E-state index in [9.17, 15) is 0 Å². The zero-order valence-electron chi connectivity index (χ0n) is 10.1. The second-order valence-electron chi connectivity index (χ2n) is 4.70. The maximum Gasteiger partial charge on any atom is 0.153 e. The summed E-state index contributed by atoms with van der Waals surface area (Å²) >= 11 is 0. The number of hydrogen-bond donors (Lipinski definition) is 1. The molecule has 0 saturated carbocycles. The Bertz CT molecular complexity index is 531. The first-order valence-corrected chi connectivity index (χ1v) is 6.25. The molecule has 1 aliphatic rings. The predicted molar refractivity (Wildman–Crippen MR) is 69.4 cm³/mol. The Balaban J connectivity index is 2.10. The van der Waals surface area contributed by atoms with Crippen LogP contribution < -0.4 is 10.6 Å². The van der Waals surface area contributed by atoms with Gasteiger partial charge >= 0.3 is 0 Å². The fourth-order valence-electron chi connectivity index (χ4n) is 2.46. The summed E-state index contributed by atoms with van der Waals surface area (Å²) in [6.07, 6.45) is 6.20. The highest BCUT2D eigenvalue weighted by Gasteiger charge is 2.22. The van der Waals surface area contributed by atoms with E-state index in [4.69, 9.17) is 10.7 Å². The third-order valence-electron chi connectivity index (χ3n) is 3.43. The molecule has 1 saturated heterocycles. The molecule has 0 aliphatic carbocycles. The van der Waals surface area contributed by atoms with Gasteiger partial charge in [-0.2, -0.15) is 0 Å². The number of anilines is 1. The zero-order valence-corrected chi connectivity index (χ0v) is 10.1. The summed E-state index contributed by atoms with van der Waals surface area (Å²) in [6.45, 7) is 4.07. The first-order valence-electron chi connectivity index (χ1n) is 6.25. The molecule has 0 amide bonds. The first kappa shape index (κ1) is 10.6. The topological polar surface area (TPSA) is 46.6 Å². The van der Waals surface area contributed by atoms with Gasteiger partial charge in [0.25, 0.3) is 0 Å². The molecular weight excluding hydrogens is 212 g/mol. The van der Waals surface area contributed by atoms with E-state index >= 15 is 0 Å². The van der Waals surface area contributed by atoms with Crippen LogP contribution in [-0.2, 0) is 6.42 Å². The van der Waals surface area contributed by atoms with Gasteiger partial charge in [-0.05, 0) is 25.0 Å². The van der Waals surface area contributed by atoms with E-state index in [1.165, 1.54) is 5.52 Å². The van der Waals surface area contributed by atoms with E-state index in [2.05, 4.69) is 40.8 Å². The molecule has 0 radical (unpaired) electrons. The molecule has 3 rings (SSSR count). The van der Waals surface area contributed by atoms with Gasteiger partial charge in [0, 0.05) is 31.5 Å². The highest BCUT2D eigenvalue weighted by atomic mass is 15.2. The number of fused-ring (bicyclic) bond motifs is 1. The van der Waals surface area contributed by atoms with Crippen molar-refractivity contribution in [1.29, 1.82) is 0 Å². The highest BCUT2D eigenvalue weighted by molar-refractivity contribution is 5.70. The second kappa shape index (κ2) is 4.04. The molecule has 17 heavy (non-hydrogen) atoms. The first-order chi connectivity index (χ1) is 8.28. The minimum atomic E-state index is 0.289. The van der Waals surface area contributed by atoms with Gasteiger partial charge < -0.3 is 15.0 Å². The van der Waals surface area contributed by atoms with Gasteiger partial charge in [-0.25, -0.2) is 4.98 Å². The summed E-state index contributed by atoms with van der Waals surface area (Å²) in [5.74, 6) is 1.09. The third kappa shape index (κ3) is 1.78. The summed E-state index contributed by atoms with van der Waals surface area (Å²) in [4.78, 5) is 7.06. The van der Waals surface area contributed by atoms with E-state index in [1.807, 2.05) is 0 Å². The normalized spacial score (nSPS) is 20.4. The lowest BCUT2D eigenvalue weighted by atomic mass is 10.3. The van der Waals surface area contributed by atoms with E-state index < -0.39 is 0 Å². The van der Waals surface area contributed by atoms with E-state index in [0.717, 1.165) is 37.4 Å². The van der Waals surface area contributed by atoms with Gasteiger partial charge in [0.2, 0.25) is 0 Å². The Morgan fingerprint density at radius 1 is 1.53 bits per heavy atom. The number of hydrogen-bond acceptors (Lipinski definition) is 3. The minimum absolute atomic E-state index is 0.289. The molecule has 0 bridgehead atoms. The molecule has 1 aliphatic heterocycles. The van der Waals surface area contributed by atoms with E-state index in [-0.39, 0.29) is 6.04 Å². The van der Waals surface area contributed by atoms with Crippen LogP contribution in [-0.4, -0.2) is 28.5 Å². The van der Waals surface area contributed by atoms with Crippen molar-refractivity contribution in [3.63, 3.8) is 0 Å². The number of nitrogens with zero attached hydrogens (tertiary/aromatic N) is 3. The average molecular weight is 230 g/mol. The summed E-state index contributed by atoms with van der Waals surface area (Å²) < 4.78 is 2.16. The standard InChI is InChI=1S/C13H18N4/c1-2-11-9-16-6-3-4-12(16)13(15-11)17-7-5-10(14)8-17/h3-4,6,9-10H,2,5,7-8,14H2,1H3/t10-/m0/s1. The van der Waals surface area contributed by atoms with Crippen molar-refractivity contribution in [3.8, 4) is 0 Å². The molecule has 0 aromatic carbocycles. The lowest BCUT2D eigenvalue weighted by Crippen LogP contribution is -2.27. The van der Waals surface area contributed by atoms with Gasteiger partial charge in [-0.1, -0.05) is 6.92 Å². The van der Waals surface area contributed by atoms with Crippen molar-refractivity contribution >= 4 is 11.3 Å². The van der Waals surface area contributed by atoms with Crippen molar-refractivity contribution < 1.29 is 0 Å². The molecule has 4 heteroatoms. The summed E-state index contributed by atoms with van der Waals surface area (Å²) in [5, 5.41) is 0. The van der Waals surface area contributed by atoms with Crippen LogP contribution in [0.1, 0.15) is 19.0 Å². The van der Waals surface area contributed by atoms with Crippen LogP contribution in [0.5, 0.6) is 0 Å². The van der Waals surface area contributed by atoms with Crippen LogP contribution >= 0.6 is 0 Å². The van der Waals surface area contributed by atoms with Gasteiger partial charge in [0.15, 0.2) is 5.82 Å². The SMILES string of the molecule is CCc1cn2cccc2c(N2CC[C@H](N)C2)n1. The molecule has 3 heterocycles. The average Bonchev–Trinajstić information content (AvgIpc) is 2.95. The lowest BCUT2D eigenvalue weighted by molar-refractivity contribution is 0.751. The maximum atomic E-state index is 5.98.